The number of aliphatic imine (C=N–C) groups is 1. The summed E-state index contributed by atoms with van der Waals surface area (Å²) in [4.78, 5) is 6.58. The van der Waals surface area contributed by atoms with Gasteiger partial charge in [0, 0.05) is 51.3 Å². The Labute approximate surface area is 192 Å². The second kappa shape index (κ2) is 9.57. The van der Waals surface area contributed by atoms with E-state index in [4.69, 9.17) is 0 Å². The van der Waals surface area contributed by atoms with Gasteiger partial charge in [-0.15, -0.1) is 24.0 Å². The summed E-state index contributed by atoms with van der Waals surface area (Å²) in [6, 6.07) is 5.55. The molecule has 0 amide bonds. The number of aromatic nitrogens is 2. The lowest BCUT2D eigenvalue weighted by Gasteiger charge is -2.29. The van der Waals surface area contributed by atoms with Crippen LogP contribution >= 0.6 is 24.0 Å². The van der Waals surface area contributed by atoms with E-state index in [1.807, 2.05) is 38.0 Å². The molecule has 1 unspecified atom stereocenters. The van der Waals surface area contributed by atoms with E-state index >= 15 is 0 Å². The zero-order chi connectivity index (χ0) is 21.2. The summed E-state index contributed by atoms with van der Waals surface area (Å²) in [5.41, 5.74) is 0.755. The molecular weight excluding hydrogens is 506 g/mol. The summed E-state index contributed by atoms with van der Waals surface area (Å²) in [5, 5.41) is 7.61. The fraction of sp³-hybridized carbons (Fsp3) is 0.524. The summed E-state index contributed by atoms with van der Waals surface area (Å²) in [5.74, 6) is 1.18. The third kappa shape index (κ3) is 5.67. The highest BCUT2D eigenvalue weighted by Crippen LogP contribution is 2.33. The molecule has 9 heteroatoms. The Bertz CT molecular complexity index is 876. The first-order chi connectivity index (χ1) is 13.6. The highest BCUT2D eigenvalue weighted by molar-refractivity contribution is 14.0. The molecule has 1 aliphatic rings. The lowest BCUT2D eigenvalue weighted by molar-refractivity contribution is -0.137. The summed E-state index contributed by atoms with van der Waals surface area (Å²) < 4.78 is 41.0. The van der Waals surface area contributed by atoms with Gasteiger partial charge in [-0.25, -0.2) is 0 Å². The number of hydrogen-bond donors (Lipinski definition) is 1. The van der Waals surface area contributed by atoms with Crippen molar-refractivity contribution >= 4 is 29.9 Å². The number of alkyl halides is 3. The van der Waals surface area contributed by atoms with E-state index in [0.29, 0.717) is 18.0 Å². The van der Waals surface area contributed by atoms with E-state index in [2.05, 4.69) is 20.3 Å². The summed E-state index contributed by atoms with van der Waals surface area (Å²) in [7, 11) is 3.64. The molecule has 1 atom stereocenters. The molecule has 0 bridgehead atoms. The van der Waals surface area contributed by atoms with Crippen LogP contribution in [-0.2, 0) is 18.6 Å². The summed E-state index contributed by atoms with van der Waals surface area (Å²) in [6.07, 6.45) is 0.623. The van der Waals surface area contributed by atoms with Gasteiger partial charge in [-0.3, -0.25) is 9.67 Å². The van der Waals surface area contributed by atoms with Gasteiger partial charge in [-0.05, 0) is 23.6 Å². The molecule has 3 rings (SSSR count). The molecule has 1 aromatic carbocycles. The number of nitrogens with zero attached hydrogens (tertiary/aromatic N) is 4. The van der Waals surface area contributed by atoms with Gasteiger partial charge in [0.25, 0.3) is 0 Å². The zero-order valence-electron chi connectivity index (χ0n) is 17.7. The molecule has 1 aliphatic heterocycles. The van der Waals surface area contributed by atoms with E-state index < -0.39 is 17.2 Å². The number of likely N-dealkylation sites (tertiary alicyclic amines) is 1. The fourth-order valence-corrected chi connectivity index (χ4v) is 3.73. The Morgan fingerprint density at radius 1 is 1.27 bits per heavy atom. The number of halogens is 4. The van der Waals surface area contributed by atoms with Gasteiger partial charge in [0.1, 0.15) is 0 Å². The zero-order valence-corrected chi connectivity index (χ0v) is 20.0. The molecule has 2 heterocycles. The molecule has 5 nitrogen and oxygen atoms in total. The van der Waals surface area contributed by atoms with Crippen LogP contribution in [0.4, 0.5) is 13.2 Å². The van der Waals surface area contributed by atoms with Gasteiger partial charge in [-0.1, -0.05) is 32.0 Å². The van der Waals surface area contributed by atoms with E-state index in [1.54, 1.807) is 13.1 Å². The minimum absolute atomic E-state index is 0. The maximum atomic E-state index is 13.1. The summed E-state index contributed by atoms with van der Waals surface area (Å²) in [6.45, 7) is 6.07. The van der Waals surface area contributed by atoms with Gasteiger partial charge in [-0.2, -0.15) is 18.3 Å². The maximum absolute atomic E-state index is 13.1. The number of benzene rings is 1. The average molecular weight is 535 g/mol. The van der Waals surface area contributed by atoms with Crippen LogP contribution in [0.5, 0.6) is 0 Å². The SMILES string of the molecule is CN=C(NCC(C)(C)c1cccc(C(F)(F)F)c1)N1CCC(c2cnn(C)c2)C1.I. The van der Waals surface area contributed by atoms with E-state index in [9.17, 15) is 13.2 Å². The third-order valence-electron chi connectivity index (χ3n) is 5.56. The largest absolute Gasteiger partial charge is 0.416 e. The van der Waals surface area contributed by atoms with Crippen LogP contribution in [0, 0.1) is 0 Å². The topological polar surface area (TPSA) is 45.5 Å². The molecule has 2 aromatic rings. The number of aryl methyl sites for hydroxylation is 1. The average Bonchev–Trinajstić information content (AvgIpc) is 3.31. The van der Waals surface area contributed by atoms with Crippen LogP contribution in [0.3, 0.4) is 0 Å². The minimum Gasteiger partial charge on any atom is -0.355 e. The van der Waals surface area contributed by atoms with Gasteiger partial charge >= 0.3 is 6.18 Å². The van der Waals surface area contributed by atoms with Gasteiger partial charge in [0.15, 0.2) is 5.96 Å². The second-order valence-electron chi connectivity index (χ2n) is 8.24. The first kappa shape index (κ1) is 24.5. The van der Waals surface area contributed by atoms with Crippen LogP contribution in [0.2, 0.25) is 0 Å². The smallest absolute Gasteiger partial charge is 0.355 e. The Kier molecular flexibility index (Phi) is 7.81. The Balaban J connectivity index is 0.00000320. The fourth-order valence-electron chi connectivity index (χ4n) is 3.73. The predicted octanol–water partition coefficient (Wildman–Crippen LogP) is 4.40. The minimum atomic E-state index is -4.34. The second-order valence-corrected chi connectivity index (χ2v) is 8.24. The number of hydrogen-bond acceptors (Lipinski definition) is 2. The van der Waals surface area contributed by atoms with Crippen molar-refractivity contribution in [2.45, 2.75) is 37.8 Å². The molecular formula is C21H29F3IN5. The molecule has 0 saturated carbocycles. The first-order valence-corrected chi connectivity index (χ1v) is 9.72. The number of guanidine groups is 1. The quantitative estimate of drug-likeness (QED) is 0.359. The van der Waals surface area contributed by atoms with Crippen LogP contribution in [0.15, 0.2) is 41.7 Å². The number of rotatable bonds is 4. The van der Waals surface area contributed by atoms with Crippen LogP contribution in [0.1, 0.15) is 42.9 Å². The monoisotopic (exact) mass is 535 g/mol. The van der Waals surface area contributed by atoms with E-state index in [1.165, 1.54) is 17.7 Å². The highest BCUT2D eigenvalue weighted by atomic mass is 127. The summed E-state index contributed by atoms with van der Waals surface area (Å²) >= 11 is 0. The third-order valence-corrected chi connectivity index (χ3v) is 5.56. The van der Waals surface area contributed by atoms with Crippen LogP contribution in [0.25, 0.3) is 0 Å². The Morgan fingerprint density at radius 3 is 2.57 bits per heavy atom. The lowest BCUT2D eigenvalue weighted by atomic mass is 9.84. The van der Waals surface area contributed by atoms with Crippen molar-refractivity contribution in [2.24, 2.45) is 12.0 Å². The van der Waals surface area contributed by atoms with Crippen molar-refractivity contribution in [2.75, 3.05) is 26.7 Å². The molecule has 1 N–H and O–H groups in total. The lowest BCUT2D eigenvalue weighted by Crippen LogP contribution is -2.45. The van der Waals surface area contributed by atoms with Crippen molar-refractivity contribution in [3.63, 3.8) is 0 Å². The maximum Gasteiger partial charge on any atom is 0.416 e. The molecule has 0 spiro atoms. The number of nitrogens with one attached hydrogen (secondary N) is 1. The molecule has 0 radical (unpaired) electrons. The first-order valence-electron chi connectivity index (χ1n) is 9.72. The van der Waals surface area contributed by atoms with Crippen molar-refractivity contribution in [3.05, 3.63) is 53.3 Å². The van der Waals surface area contributed by atoms with E-state index in [0.717, 1.165) is 31.5 Å². The highest BCUT2D eigenvalue weighted by Gasteiger charge is 2.33. The molecule has 166 valence electrons. The molecule has 1 fully saturated rings. The Hall–Kier alpha value is -1.78. The molecule has 0 aliphatic carbocycles. The van der Waals surface area contributed by atoms with E-state index in [-0.39, 0.29) is 24.0 Å². The molecule has 1 saturated heterocycles. The van der Waals surface area contributed by atoms with Crippen molar-refractivity contribution < 1.29 is 13.2 Å². The van der Waals surface area contributed by atoms with Crippen molar-refractivity contribution in [3.8, 4) is 0 Å². The van der Waals surface area contributed by atoms with Crippen molar-refractivity contribution in [1.29, 1.82) is 0 Å². The van der Waals surface area contributed by atoms with Crippen LogP contribution in [-0.4, -0.2) is 47.3 Å². The normalized spacial score (nSPS) is 17.8. The predicted molar refractivity (Wildman–Crippen MR) is 123 cm³/mol. The van der Waals surface area contributed by atoms with Gasteiger partial charge in [0.2, 0.25) is 0 Å². The Morgan fingerprint density at radius 2 is 1.97 bits per heavy atom. The van der Waals surface area contributed by atoms with Crippen LogP contribution < -0.4 is 5.32 Å². The van der Waals surface area contributed by atoms with Gasteiger partial charge in [0.05, 0.1) is 11.8 Å². The van der Waals surface area contributed by atoms with Gasteiger partial charge < -0.3 is 10.2 Å². The standard InChI is InChI=1S/C21H28F3N5.HI/c1-20(2,17-6-5-7-18(10-17)21(22,23)24)14-26-19(25-3)29-9-8-15(13-29)16-11-27-28(4)12-16;/h5-7,10-12,15H,8-9,13-14H2,1-4H3,(H,25,26);1H. The van der Waals surface area contributed by atoms with Crippen molar-refractivity contribution in [1.82, 2.24) is 20.0 Å². The molecule has 1 aromatic heterocycles. The molecule has 30 heavy (non-hydrogen) atoms.